The zero-order valence-electron chi connectivity index (χ0n) is 13.2. The van der Waals surface area contributed by atoms with Crippen molar-refractivity contribution in [2.75, 3.05) is 19.8 Å². The fourth-order valence-electron chi connectivity index (χ4n) is 1.67. The van der Waals surface area contributed by atoms with Gasteiger partial charge in [-0.25, -0.2) is 0 Å². The van der Waals surface area contributed by atoms with Crippen molar-refractivity contribution in [3.63, 3.8) is 0 Å². The van der Waals surface area contributed by atoms with Crippen molar-refractivity contribution in [1.29, 1.82) is 0 Å². The van der Waals surface area contributed by atoms with Crippen molar-refractivity contribution in [2.24, 2.45) is 11.3 Å². The van der Waals surface area contributed by atoms with Gasteiger partial charge < -0.3 is 15.2 Å². The summed E-state index contributed by atoms with van der Waals surface area (Å²) in [6, 6.07) is 0. The second kappa shape index (κ2) is 9.75. The van der Waals surface area contributed by atoms with Crippen LogP contribution in [0.1, 0.15) is 53.4 Å². The van der Waals surface area contributed by atoms with Crippen LogP contribution >= 0.6 is 0 Å². The molecule has 0 fully saturated rings. The second-order valence-corrected chi connectivity index (χ2v) is 5.72. The van der Waals surface area contributed by atoms with E-state index in [0.717, 1.165) is 25.9 Å². The molecule has 0 rings (SSSR count). The molecule has 0 aliphatic rings. The number of ether oxygens (including phenoxy) is 1. The standard InChI is InChI=1S/C15H29NO4/c1-5-6-9-20-10-7-8-16-13(17)11-15(4,12(2)3)14(18)19/h12H,5-11H2,1-4H3,(H,16,17)(H,18,19). The van der Waals surface area contributed by atoms with Crippen LogP contribution in [-0.4, -0.2) is 36.7 Å². The van der Waals surface area contributed by atoms with E-state index in [-0.39, 0.29) is 18.2 Å². The number of carbonyl (C=O) groups excluding carboxylic acids is 1. The van der Waals surface area contributed by atoms with Crippen LogP contribution in [0.4, 0.5) is 0 Å². The molecule has 0 aliphatic carbocycles. The molecule has 0 aromatic rings. The van der Waals surface area contributed by atoms with Crippen molar-refractivity contribution >= 4 is 11.9 Å². The van der Waals surface area contributed by atoms with Gasteiger partial charge in [-0.1, -0.05) is 27.2 Å². The summed E-state index contributed by atoms with van der Waals surface area (Å²) in [4.78, 5) is 23.1. The minimum atomic E-state index is -1.01. The summed E-state index contributed by atoms with van der Waals surface area (Å²) in [6.07, 6.45) is 2.93. The van der Waals surface area contributed by atoms with E-state index in [1.807, 2.05) is 13.8 Å². The molecule has 0 saturated heterocycles. The zero-order chi connectivity index (χ0) is 15.6. The van der Waals surface area contributed by atoms with E-state index in [1.165, 1.54) is 0 Å². The summed E-state index contributed by atoms with van der Waals surface area (Å²) >= 11 is 0. The Morgan fingerprint density at radius 3 is 2.35 bits per heavy atom. The maximum Gasteiger partial charge on any atom is 0.310 e. The van der Waals surface area contributed by atoms with E-state index < -0.39 is 11.4 Å². The first-order chi connectivity index (χ1) is 9.34. The number of aliphatic carboxylic acids is 1. The smallest absolute Gasteiger partial charge is 0.310 e. The Bertz CT molecular complexity index is 304. The lowest BCUT2D eigenvalue weighted by molar-refractivity contribution is -0.153. The van der Waals surface area contributed by atoms with Crippen LogP contribution < -0.4 is 5.32 Å². The largest absolute Gasteiger partial charge is 0.481 e. The maximum atomic E-state index is 11.8. The predicted octanol–water partition coefficient (Wildman–Crippen LogP) is 2.45. The van der Waals surface area contributed by atoms with Crippen LogP contribution in [0.25, 0.3) is 0 Å². The number of amides is 1. The molecule has 0 aromatic heterocycles. The molecule has 0 saturated carbocycles. The number of nitrogens with one attached hydrogen (secondary N) is 1. The molecule has 0 spiro atoms. The topological polar surface area (TPSA) is 75.6 Å². The zero-order valence-corrected chi connectivity index (χ0v) is 13.2. The summed E-state index contributed by atoms with van der Waals surface area (Å²) in [7, 11) is 0. The molecule has 2 N–H and O–H groups in total. The third-order valence-corrected chi connectivity index (χ3v) is 3.72. The second-order valence-electron chi connectivity index (χ2n) is 5.72. The molecular weight excluding hydrogens is 258 g/mol. The molecule has 5 nitrogen and oxygen atoms in total. The number of rotatable bonds is 11. The Hall–Kier alpha value is -1.10. The fraction of sp³-hybridized carbons (Fsp3) is 0.867. The fourth-order valence-corrected chi connectivity index (χ4v) is 1.67. The van der Waals surface area contributed by atoms with Gasteiger partial charge in [0.15, 0.2) is 0 Å². The van der Waals surface area contributed by atoms with Crippen molar-refractivity contribution in [3.8, 4) is 0 Å². The minimum Gasteiger partial charge on any atom is -0.481 e. The van der Waals surface area contributed by atoms with Gasteiger partial charge in [0, 0.05) is 26.2 Å². The Labute approximate surface area is 122 Å². The molecular formula is C15H29NO4. The van der Waals surface area contributed by atoms with Gasteiger partial charge in [0.2, 0.25) is 5.91 Å². The summed E-state index contributed by atoms with van der Waals surface area (Å²) in [5.41, 5.74) is -1.01. The van der Waals surface area contributed by atoms with Gasteiger partial charge in [-0.15, -0.1) is 0 Å². The van der Waals surface area contributed by atoms with E-state index >= 15 is 0 Å². The molecule has 0 radical (unpaired) electrons. The Balaban J connectivity index is 3.90. The summed E-state index contributed by atoms with van der Waals surface area (Å²) in [6.45, 7) is 9.28. The third-order valence-electron chi connectivity index (χ3n) is 3.72. The van der Waals surface area contributed by atoms with Crippen molar-refractivity contribution in [1.82, 2.24) is 5.32 Å². The van der Waals surface area contributed by atoms with Crippen LogP contribution in [0, 0.1) is 11.3 Å². The van der Waals surface area contributed by atoms with Crippen LogP contribution in [0.5, 0.6) is 0 Å². The SMILES string of the molecule is CCCCOCCCNC(=O)CC(C)(C(=O)O)C(C)C. The molecule has 1 amide bonds. The first kappa shape index (κ1) is 18.9. The van der Waals surface area contributed by atoms with Crippen LogP contribution in [-0.2, 0) is 14.3 Å². The lowest BCUT2D eigenvalue weighted by Gasteiger charge is -2.28. The highest BCUT2D eigenvalue weighted by Gasteiger charge is 2.38. The molecule has 1 unspecified atom stereocenters. The molecule has 1 atom stereocenters. The number of hydrogen-bond donors (Lipinski definition) is 2. The van der Waals surface area contributed by atoms with Crippen molar-refractivity contribution < 1.29 is 19.4 Å². The monoisotopic (exact) mass is 287 g/mol. The number of carboxylic acid groups (broad SMARTS) is 1. The average Bonchev–Trinajstić information content (AvgIpc) is 2.37. The van der Waals surface area contributed by atoms with E-state index in [1.54, 1.807) is 6.92 Å². The van der Waals surface area contributed by atoms with Gasteiger partial charge in [0.1, 0.15) is 0 Å². The average molecular weight is 287 g/mol. The molecule has 0 heterocycles. The first-order valence-corrected chi connectivity index (χ1v) is 7.42. The highest BCUT2D eigenvalue weighted by molar-refractivity contribution is 5.84. The van der Waals surface area contributed by atoms with Crippen LogP contribution in [0.15, 0.2) is 0 Å². The third kappa shape index (κ3) is 6.89. The molecule has 0 aliphatic heterocycles. The summed E-state index contributed by atoms with van der Waals surface area (Å²) < 4.78 is 5.39. The normalized spacial score (nSPS) is 14.1. The number of hydrogen-bond acceptors (Lipinski definition) is 3. The molecule has 5 heteroatoms. The highest BCUT2D eigenvalue weighted by Crippen LogP contribution is 2.31. The van der Waals surface area contributed by atoms with E-state index in [2.05, 4.69) is 12.2 Å². The van der Waals surface area contributed by atoms with Gasteiger partial charge in [0.25, 0.3) is 0 Å². The van der Waals surface area contributed by atoms with E-state index in [0.29, 0.717) is 13.2 Å². The lowest BCUT2D eigenvalue weighted by Crippen LogP contribution is -2.39. The maximum absolute atomic E-state index is 11.8. The molecule has 0 bridgehead atoms. The highest BCUT2D eigenvalue weighted by atomic mass is 16.5. The lowest BCUT2D eigenvalue weighted by atomic mass is 9.76. The number of carbonyl (C=O) groups is 2. The predicted molar refractivity (Wildman–Crippen MR) is 78.6 cm³/mol. The summed E-state index contributed by atoms with van der Waals surface area (Å²) in [5.74, 6) is -1.23. The Morgan fingerprint density at radius 2 is 1.85 bits per heavy atom. The molecule has 20 heavy (non-hydrogen) atoms. The van der Waals surface area contributed by atoms with E-state index in [4.69, 9.17) is 4.74 Å². The minimum absolute atomic E-state index is 0.0106. The first-order valence-electron chi connectivity index (χ1n) is 7.42. The van der Waals surface area contributed by atoms with Crippen molar-refractivity contribution in [2.45, 2.75) is 53.4 Å². The summed E-state index contributed by atoms with van der Waals surface area (Å²) in [5, 5.41) is 12.0. The van der Waals surface area contributed by atoms with E-state index in [9.17, 15) is 14.7 Å². The Morgan fingerprint density at radius 1 is 1.25 bits per heavy atom. The van der Waals surface area contributed by atoms with Gasteiger partial charge in [-0.05, 0) is 25.7 Å². The van der Waals surface area contributed by atoms with Crippen LogP contribution in [0.2, 0.25) is 0 Å². The molecule has 0 aromatic carbocycles. The van der Waals surface area contributed by atoms with Gasteiger partial charge in [0.05, 0.1) is 5.41 Å². The molecule has 118 valence electrons. The Kier molecular flexibility index (Phi) is 9.21. The number of unbranched alkanes of at least 4 members (excludes halogenated alkanes) is 1. The van der Waals surface area contributed by atoms with Crippen LogP contribution in [0.3, 0.4) is 0 Å². The van der Waals surface area contributed by atoms with Gasteiger partial charge >= 0.3 is 5.97 Å². The quantitative estimate of drug-likeness (QED) is 0.572. The van der Waals surface area contributed by atoms with Gasteiger partial charge in [-0.3, -0.25) is 9.59 Å². The van der Waals surface area contributed by atoms with Crippen molar-refractivity contribution in [3.05, 3.63) is 0 Å². The number of carboxylic acids is 1. The van der Waals surface area contributed by atoms with Gasteiger partial charge in [-0.2, -0.15) is 0 Å².